The van der Waals surface area contributed by atoms with Crippen LogP contribution >= 0.6 is 0 Å². The summed E-state index contributed by atoms with van der Waals surface area (Å²) in [6.07, 6.45) is 5.37. The highest BCUT2D eigenvalue weighted by Crippen LogP contribution is 2.29. The zero-order valence-corrected chi connectivity index (χ0v) is 10.8. The molecule has 0 heterocycles. The summed E-state index contributed by atoms with van der Waals surface area (Å²) in [4.78, 5) is 13.2. The number of hydrogen-bond donors (Lipinski definition) is 1. The van der Waals surface area contributed by atoms with Gasteiger partial charge in [0.1, 0.15) is 0 Å². The van der Waals surface area contributed by atoms with Crippen LogP contribution in [0.5, 0.6) is 0 Å². The fraction of sp³-hybridized carbons (Fsp3) is 0.923. The van der Waals surface area contributed by atoms with Gasteiger partial charge in [0.25, 0.3) is 0 Å². The summed E-state index contributed by atoms with van der Waals surface area (Å²) in [6, 6.07) is 0. The standard InChI is InChI=1S/C13H25NO2/c1-10(2)12(13(15)16)9-14(3)8-7-11-5-4-6-11/h10-12H,4-9H2,1-3H3,(H,15,16). The van der Waals surface area contributed by atoms with E-state index in [0.29, 0.717) is 6.54 Å². The lowest BCUT2D eigenvalue weighted by atomic mass is 9.83. The number of aliphatic carboxylic acids is 1. The van der Waals surface area contributed by atoms with E-state index in [4.69, 9.17) is 5.11 Å². The Labute approximate surface area is 98.8 Å². The maximum Gasteiger partial charge on any atom is 0.308 e. The van der Waals surface area contributed by atoms with E-state index in [1.807, 2.05) is 20.9 Å². The summed E-state index contributed by atoms with van der Waals surface area (Å²) in [5, 5.41) is 9.10. The molecule has 1 rings (SSSR count). The monoisotopic (exact) mass is 227 g/mol. The zero-order valence-electron chi connectivity index (χ0n) is 10.8. The second-order valence-corrected chi connectivity index (χ2v) is 5.54. The summed E-state index contributed by atoms with van der Waals surface area (Å²) in [5.74, 6) is 0.227. The summed E-state index contributed by atoms with van der Waals surface area (Å²) in [6.45, 7) is 5.69. The number of carboxylic acid groups (broad SMARTS) is 1. The Bertz CT molecular complexity index is 224. The van der Waals surface area contributed by atoms with Crippen molar-refractivity contribution in [2.45, 2.75) is 39.5 Å². The van der Waals surface area contributed by atoms with Crippen molar-refractivity contribution >= 4 is 5.97 Å². The molecular formula is C13H25NO2. The molecule has 1 unspecified atom stereocenters. The average molecular weight is 227 g/mol. The molecule has 0 aromatic carbocycles. The summed E-state index contributed by atoms with van der Waals surface area (Å²) in [7, 11) is 2.04. The molecule has 0 spiro atoms. The molecule has 0 radical (unpaired) electrons. The van der Waals surface area contributed by atoms with Crippen LogP contribution in [0.3, 0.4) is 0 Å². The molecule has 0 bridgehead atoms. The normalized spacial score (nSPS) is 18.8. The Kier molecular flexibility index (Phi) is 5.26. The van der Waals surface area contributed by atoms with Crippen LogP contribution in [0.2, 0.25) is 0 Å². The second kappa shape index (κ2) is 6.24. The Balaban J connectivity index is 2.24. The maximum absolute atomic E-state index is 11.1. The molecule has 3 heteroatoms. The number of nitrogens with zero attached hydrogens (tertiary/aromatic N) is 1. The molecule has 0 aromatic rings. The molecule has 0 saturated heterocycles. The van der Waals surface area contributed by atoms with E-state index in [-0.39, 0.29) is 11.8 Å². The molecule has 0 aromatic heterocycles. The van der Waals surface area contributed by atoms with Gasteiger partial charge < -0.3 is 10.0 Å². The van der Waals surface area contributed by atoms with Gasteiger partial charge in [-0.1, -0.05) is 33.1 Å². The molecule has 1 saturated carbocycles. The van der Waals surface area contributed by atoms with E-state index in [0.717, 1.165) is 12.5 Å². The van der Waals surface area contributed by atoms with Gasteiger partial charge in [-0.2, -0.15) is 0 Å². The minimum atomic E-state index is -0.662. The van der Waals surface area contributed by atoms with Crippen molar-refractivity contribution in [3.63, 3.8) is 0 Å². The topological polar surface area (TPSA) is 40.5 Å². The van der Waals surface area contributed by atoms with Crippen LogP contribution < -0.4 is 0 Å². The molecular weight excluding hydrogens is 202 g/mol. The predicted molar refractivity (Wildman–Crippen MR) is 65.4 cm³/mol. The minimum absolute atomic E-state index is 0.212. The Hall–Kier alpha value is -0.570. The molecule has 1 atom stereocenters. The molecule has 3 nitrogen and oxygen atoms in total. The molecule has 1 fully saturated rings. The molecule has 1 aliphatic rings. The van der Waals surface area contributed by atoms with Gasteiger partial charge in [0, 0.05) is 6.54 Å². The third-order valence-electron chi connectivity index (χ3n) is 3.77. The van der Waals surface area contributed by atoms with Crippen molar-refractivity contribution in [1.82, 2.24) is 4.90 Å². The molecule has 0 amide bonds. The smallest absolute Gasteiger partial charge is 0.308 e. The number of rotatable bonds is 7. The van der Waals surface area contributed by atoms with Crippen molar-refractivity contribution in [3.05, 3.63) is 0 Å². The first-order valence-electron chi connectivity index (χ1n) is 6.42. The van der Waals surface area contributed by atoms with Crippen LogP contribution in [0, 0.1) is 17.8 Å². The van der Waals surface area contributed by atoms with Crippen LogP contribution in [0.15, 0.2) is 0 Å². The Morgan fingerprint density at radius 1 is 1.44 bits per heavy atom. The van der Waals surface area contributed by atoms with Gasteiger partial charge >= 0.3 is 5.97 Å². The fourth-order valence-electron chi connectivity index (χ4n) is 2.19. The van der Waals surface area contributed by atoms with Gasteiger partial charge in [0.05, 0.1) is 5.92 Å². The molecule has 0 aliphatic heterocycles. The fourth-order valence-corrected chi connectivity index (χ4v) is 2.19. The van der Waals surface area contributed by atoms with Crippen LogP contribution in [0.4, 0.5) is 0 Å². The van der Waals surface area contributed by atoms with Crippen molar-refractivity contribution in [2.75, 3.05) is 20.1 Å². The first-order valence-corrected chi connectivity index (χ1v) is 6.42. The largest absolute Gasteiger partial charge is 0.481 e. The third-order valence-corrected chi connectivity index (χ3v) is 3.77. The van der Waals surface area contributed by atoms with Crippen LogP contribution in [-0.2, 0) is 4.79 Å². The molecule has 16 heavy (non-hydrogen) atoms. The van der Waals surface area contributed by atoms with E-state index >= 15 is 0 Å². The van der Waals surface area contributed by atoms with Crippen LogP contribution in [-0.4, -0.2) is 36.1 Å². The van der Waals surface area contributed by atoms with E-state index in [1.165, 1.54) is 25.7 Å². The summed E-state index contributed by atoms with van der Waals surface area (Å²) >= 11 is 0. The Morgan fingerprint density at radius 2 is 2.06 bits per heavy atom. The SMILES string of the molecule is CC(C)C(CN(C)CCC1CCC1)C(=O)O. The summed E-state index contributed by atoms with van der Waals surface area (Å²) in [5.41, 5.74) is 0. The van der Waals surface area contributed by atoms with E-state index in [2.05, 4.69) is 4.90 Å². The minimum Gasteiger partial charge on any atom is -0.481 e. The highest BCUT2D eigenvalue weighted by Gasteiger charge is 2.24. The number of carboxylic acids is 1. The lowest BCUT2D eigenvalue weighted by Gasteiger charge is -2.29. The first kappa shape index (κ1) is 13.5. The third kappa shape index (κ3) is 4.12. The molecule has 1 N–H and O–H groups in total. The van der Waals surface area contributed by atoms with Gasteiger partial charge in [0.2, 0.25) is 0 Å². The van der Waals surface area contributed by atoms with Gasteiger partial charge in [-0.3, -0.25) is 4.79 Å². The van der Waals surface area contributed by atoms with Crippen molar-refractivity contribution < 1.29 is 9.90 Å². The number of hydrogen-bond acceptors (Lipinski definition) is 2. The van der Waals surface area contributed by atoms with Gasteiger partial charge in [-0.05, 0) is 31.8 Å². The highest BCUT2D eigenvalue weighted by molar-refractivity contribution is 5.70. The van der Waals surface area contributed by atoms with E-state index in [9.17, 15) is 4.79 Å². The number of carbonyl (C=O) groups is 1. The first-order chi connectivity index (χ1) is 7.50. The van der Waals surface area contributed by atoms with E-state index in [1.54, 1.807) is 0 Å². The van der Waals surface area contributed by atoms with Crippen LogP contribution in [0.1, 0.15) is 39.5 Å². The predicted octanol–water partition coefficient (Wildman–Crippen LogP) is 2.47. The second-order valence-electron chi connectivity index (χ2n) is 5.54. The zero-order chi connectivity index (χ0) is 12.1. The highest BCUT2D eigenvalue weighted by atomic mass is 16.4. The van der Waals surface area contributed by atoms with Gasteiger partial charge in [0.15, 0.2) is 0 Å². The van der Waals surface area contributed by atoms with Crippen molar-refractivity contribution in [3.8, 4) is 0 Å². The Morgan fingerprint density at radius 3 is 2.44 bits per heavy atom. The van der Waals surface area contributed by atoms with E-state index < -0.39 is 5.97 Å². The lowest BCUT2D eigenvalue weighted by molar-refractivity contribution is -0.143. The molecule has 1 aliphatic carbocycles. The summed E-state index contributed by atoms with van der Waals surface area (Å²) < 4.78 is 0. The average Bonchev–Trinajstić information content (AvgIpc) is 2.10. The quantitative estimate of drug-likeness (QED) is 0.726. The van der Waals surface area contributed by atoms with Gasteiger partial charge in [-0.15, -0.1) is 0 Å². The lowest BCUT2D eigenvalue weighted by Crippen LogP contribution is -2.35. The van der Waals surface area contributed by atoms with Crippen molar-refractivity contribution in [1.29, 1.82) is 0 Å². The van der Waals surface area contributed by atoms with Gasteiger partial charge in [-0.25, -0.2) is 0 Å². The maximum atomic E-state index is 11.1. The van der Waals surface area contributed by atoms with Crippen LogP contribution in [0.25, 0.3) is 0 Å². The molecule has 94 valence electrons. The van der Waals surface area contributed by atoms with Crippen molar-refractivity contribution in [2.24, 2.45) is 17.8 Å².